The summed E-state index contributed by atoms with van der Waals surface area (Å²) in [6.45, 7) is 5.96. The summed E-state index contributed by atoms with van der Waals surface area (Å²) < 4.78 is 7.36. The Labute approximate surface area is 205 Å². The maximum Gasteiger partial charge on any atom is 0.336 e. The van der Waals surface area contributed by atoms with Crippen molar-refractivity contribution >= 4 is 23.1 Å². The zero-order valence-corrected chi connectivity index (χ0v) is 20.9. The van der Waals surface area contributed by atoms with Gasteiger partial charge in [0.2, 0.25) is 0 Å². The molecule has 0 bridgehead atoms. The van der Waals surface area contributed by atoms with E-state index in [0.29, 0.717) is 22.4 Å². The van der Waals surface area contributed by atoms with E-state index in [1.807, 2.05) is 59.1 Å². The van der Waals surface area contributed by atoms with Crippen molar-refractivity contribution in [3.05, 3.63) is 99.5 Å². The molecule has 2 aromatic carbocycles. The molecule has 0 saturated carbocycles. The van der Waals surface area contributed by atoms with E-state index in [0.717, 1.165) is 39.6 Å². The Balaban J connectivity index is 1.71. The van der Waals surface area contributed by atoms with E-state index < -0.39 is 11.9 Å². The van der Waals surface area contributed by atoms with Crippen LogP contribution in [-0.2, 0) is 9.53 Å². The van der Waals surface area contributed by atoms with E-state index in [2.05, 4.69) is 45.1 Å². The predicted octanol–water partition coefficient (Wildman–Crippen LogP) is 4.90. The number of fused-ring (bicyclic) bond motifs is 2. The van der Waals surface area contributed by atoms with Crippen molar-refractivity contribution < 1.29 is 14.3 Å². The first-order valence-electron chi connectivity index (χ1n) is 11.7. The number of carbonyl (C=O) groups is 2. The standard InChI is InChI=1S/C29H29N3O3/c1-16-15-23(18(3)32(16)20-13-11-19(12-14-20)31(4)5)25-24(29(34)35-6)17(2)30-27-21-9-7-8-10-22(21)28(33)26(25)27/h7-15,25,30H,1-6H3/t25-/m0/s1. The maximum absolute atomic E-state index is 13.7. The maximum atomic E-state index is 13.7. The number of nitrogens with one attached hydrogen (secondary N) is 1. The highest BCUT2D eigenvalue weighted by Crippen LogP contribution is 2.48. The van der Waals surface area contributed by atoms with Gasteiger partial charge in [0.1, 0.15) is 0 Å². The fourth-order valence-electron chi connectivity index (χ4n) is 5.40. The van der Waals surface area contributed by atoms with Crippen LogP contribution in [0.3, 0.4) is 0 Å². The molecule has 0 unspecified atom stereocenters. The molecular weight excluding hydrogens is 438 g/mol. The van der Waals surface area contributed by atoms with Crippen molar-refractivity contribution in [2.45, 2.75) is 26.7 Å². The molecule has 0 fully saturated rings. The van der Waals surface area contributed by atoms with E-state index in [-0.39, 0.29) is 5.78 Å². The molecule has 1 aliphatic heterocycles. The molecule has 1 N–H and O–H groups in total. The lowest BCUT2D eigenvalue weighted by atomic mass is 9.79. The number of benzene rings is 2. The minimum atomic E-state index is -0.528. The second-order valence-electron chi connectivity index (χ2n) is 9.32. The van der Waals surface area contributed by atoms with Crippen molar-refractivity contribution in [2.75, 3.05) is 26.1 Å². The van der Waals surface area contributed by atoms with E-state index in [4.69, 9.17) is 4.74 Å². The van der Waals surface area contributed by atoms with Crippen LogP contribution in [0.1, 0.15) is 45.7 Å². The van der Waals surface area contributed by atoms with Gasteiger partial charge in [0.25, 0.3) is 0 Å². The number of esters is 1. The number of carbonyl (C=O) groups excluding carboxylic acids is 2. The fraction of sp³-hybridized carbons (Fsp3) is 0.241. The average molecular weight is 468 g/mol. The molecule has 2 heterocycles. The lowest BCUT2D eigenvalue weighted by Crippen LogP contribution is -2.29. The molecule has 1 aromatic heterocycles. The smallest absolute Gasteiger partial charge is 0.336 e. The monoisotopic (exact) mass is 467 g/mol. The van der Waals surface area contributed by atoms with Crippen LogP contribution in [0.5, 0.6) is 0 Å². The fourth-order valence-corrected chi connectivity index (χ4v) is 5.40. The third-order valence-electron chi connectivity index (χ3n) is 7.06. The van der Waals surface area contributed by atoms with Gasteiger partial charge in [0.15, 0.2) is 5.78 Å². The van der Waals surface area contributed by atoms with Crippen molar-refractivity contribution in [3.63, 3.8) is 0 Å². The van der Waals surface area contributed by atoms with Gasteiger partial charge in [-0.05, 0) is 56.7 Å². The number of methoxy groups -OCH3 is 1. The summed E-state index contributed by atoms with van der Waals surface area (Å²) in [5.41, 5.74) is 9.15. The summed E-state index contributed by atoms with van der Waals surface area (Å²) in [7, 11) is 5.41. The van der Waals surface area contributed by atoms with Gasteiger partial charge in [-0.15, -0.1) is 0 Å². The van der Waals surface area contributed by atoms with Crippen LogP contribution in [0.2, 0.25) is 0 Å². The minimum Gasteiger partial charge on any atom is -0.466 e. The number of rotatable bonds is 4. The van der Waals surface area contributed by atoms with Crippen LogP contribution >= 0.6 is 0 Å². The molecule has 0 amide bonds. The molecule has 5 rings (SSSR count). The predicted molar refractivity (Wildman–Crippen MR) is 138 cm³/mol. The van der Waals surface area contributed by atoms with Crippen LogP contribution in [0.25, 0.3) is 11.4 Å². The summed E-state index contributed by atoms with van der Waals surface area (Å²) in [5, 5.41) is 3.35. The minimum absolute atomic E-state index is 0.0536. The Morgan fingerprint density at radius 3 is 2.29 bits per heavy atom. The number of dihydropyridines is 1. The molecule has 3 aromatic rings. The number of nitrogens with zero attached hydrogens (tertiary/aromatic N) is 2. The van der Waals surface area contributed by atoms with Crippen molar-refractivity contribution in [1.82, 2.24) is 9.88 Å². The highest BCUT2D eigenvalue weighted by atomic mass is 16.5. The van der Waals surface area contributed by atoms with E-state index >= 15 is 0 Å². The number of ether oxygens (including phenoxy) is 1. The molecule has 0 saturated heterocycles. The van der Waals surface area contributed by atoms with E-state index in [9.17, 15) is 9.59 Å². The Kier molecular flexibility index (Phi) is 5.39. The lowest BCUT2D eigenvalue weighted by molar-refractivity contribution is -0.136. The topological polar surface area (TPSA) is 63.6 Å². The number of Topliss-reactive ketones (excluding diaryl/α,β-unsaturated/α-hetero) is 1. The molecule has 0 spiro atoms. The average Bonchev–Trinajstić information content (AvgIpc) is 3.30. The van der Waals surface area contributed by atoms with Crippen LogP contribution in [0, 0.1) is 13.8 Å². The number of anilines is 1. The van der Waals surface area contributed by atoms with Gasteiger partial charge in [0, 0.05) is 59.3 Å². The van der Waals surface area contributed by atoms with Crippen LogP contribution in [0.4, 0.5) is 5.69 Å². The molecule has 2 aliphatic rings. The van der Waals surface area contributed by atoms with Crippen molar-refractivity contribution in [3.8, 4) is 5.69 Å². The Bertz CT molecular complexity index is 1440. The highest BCUT2D eigenvalue weighted by molar-refractivity contribution is 6.23. The Morgan fingerprint density at radius 2 is 1.66 bits per heavy atom. The molecule has 178 valence electrons. The molecular formula is C29H29N3O3. The van der Waals surface area contributed by atoms with Crippen LogP contribution in [0.15, 0.2) is 71.4 Å². The molecule has 0 radical (unpaired) electrons. The summed E-state index contributed by atoms with van der Waals surface area (Å²) >= 11 is 0. The highest BCUT2D eigenvalue weighted by Gasteiger charge is 2.43. The van der Waals surface area contributed by atoms with Gasteiger partial charge < -0.3 is 19.5 Å². The lowest BCUT2D eigenvalue weighted by Gasteiger charge is -2.29. The zero-order valence-electron chi connectivity index (χ0n) is 20.9. The number of aromatic nitrogens is 1. The van der Waals surface area contributed by atoms with Gasteiger partial charge in [-0.3, -0.25) is 4.79 Å². The number of hydrogen-bond donors (Lipinski definition) is 1. The van der Waals surface area contributed by atoms with Crippen molar-refractivity contribution in [2.24, 2.45) is 0 Å². The zero-order chi connectivity index (χ0) is 25.0. The van der Waals surface area contributed by atoms with Gasteiger partial charge in [0.05, 0.1) is 24.3 Å². The molecule has 35 heavy (non-hydrogen) atoms. The number of aryl methyl sites for hydroxylation is 1. The first-order valence-corrected chi connectivity index (χ1v) is 11.7. The SMILES string of the molecule is COC(=O)C1=C(C)NC2=C(C(=O)c3ccccc32)[C@H]1c1cc(C)n(-c2ccc(N(C)C)cc2)c1C. The van der Waals surface area contributed by atoms with Crippen LogP contribution in [-0.4, -0.2) is 37.5 Å². The van der Waals surface area contributed by atoms with E-state index in [1.165, 1.54) is 7.11 Å². The molecule has 1 atom stereocenters. The van der Waals surface area contributed by atoms with Gasteiger partial charge in [-0.1, -0.05) is 24.3 Å². The summed E-state index contributed by atoms with van der Waals surface area (Å²) in [4.78, 5) is 28.8. The first-order chi connectivity index (χ1) is 16.7. The summed E-state index contributed by atoms with van der Waals surface area (Å²) in [6, 6.07) is 18.0. The molecule has 6 nitrogen and oxygen atoms in total. The van der Waals surface area contributed by atoms with E-state index in [1.54, 1.807) is 0 Å². The number of ketones is 1. The van der Waals surface area contributed by atoms with Crippen molar-refractivity contribution in [1.29, 1.82) is 0 Å². The second-order valence-corrected chi connectivity index (χ2v) is 9.32. The number of allylic oxidation sites excluding steroid dienone is 2. The number of hydrogen-bond acceptors (Lipinski definition) is 5. The Hall–Kier alpha value is -4.06. The normalized spacial score (nSPS) is 16.7. The quantitative estimate of drug-likeness (QED) is 0.553. The van der Waals surface area contributed by atoms with Crippen LogP contribution < -0.4 is 10.2 Å². The summed E-state index contributed by atoms with van der Waals surface area (Å²) in [5.74, 6) is -1.02. The molecule has 6 heteroatoms. The third kappa shape index (κ3) is 3.40. The van der Waals surface area contributed by atoms with Gasteiger partial charge >= 0.3 is 5.97 Å². The summed E-state index contributed by atoms with van der Waals surface area (Å²) in [6.07, 6.45) is 0. The Morgan fingerprint density at radius 1 is 1.00 bits per heavy atom. The molecule has 1 aliphatic carbocycles. The third-order valence-corrected chi connectivity index (χ3v) is 7.06. The largest absolute Gasteiger partial charge is 0.466 e. The van der Waals surface area contributed by atoms with Gasteiger partial charge in [-0.25, -0.2) is 4.79 Å². The second kappa shape index (κ2) is 8.31. The van der Waals surface area contributed by atoms with Gasteiger partial charge in [-0.2, -0.15) is 0 Å². The first kappa shape index (κ1) is 22.7.